The molecule has 2 heteroatoms. The Balaban J connectivity index is 3.52. The molecular weight excluding hydrogens is 208 g/mol. The zero-order valence-corrected chi connectivity index (χ0v) is 11.2. The van der Waals surface area contributed by atoms with Crippen LogP contribution in [0.3, 0.4) is 0 Å². The molecule has 0 radical (unpaired) electrons. The molecule has 0 atom stereocenters. The van der Waals surface area contributed by atoms with E-state index in [0.717, 1.165) is 19.3 Å². The Labute approximate surface area is 94.1 Å². The van der Waals surface area contributed by atoms with E-state index in [9.17, 15) is 0 Å². The SMILES string of the molecule is CCCCC#CCCC#C[Si](C)(C)Cl. The third-order valence-corrected chi connectivity index (χ3v) is 2.60. The number of rotatable bonds is 3. The van der Waals surface area contributed by atoms with E-state index in [4.69, 9.17) is 11.1 Å². The van der Waals surface area contributed by atoms with Gasteiger partial charge >= 0.3 is 0 Å². The Morgan fingerprint density at radius 1 is 1.00 bits per heavy atom. The van der Waals surface area contributed by atoms with Gasteiger partial charge in [0.25, 0.3) is 0 Å². The molecule has 0 unspecified atom stereocenters. The highest BCUT2D eigenvalue weighted by atomic mass is 35.6. The Hall–Kier alpha value is -0.373. The first-order valence-electron chi connectivity index (χ1n) is 5.21. The van der Waals surface area contributed by atoms with Crippen LogP contribution in [0.15, 0.2) is 0 Å². The van der Waals surface area contributed by atoms with Crippen molar-refractivity contribution in [2.24, 2.45) is 0 Å². The van der Waals surface area contributed by atoms with Gasteiger partial charge in [0.2, 0.25) is 7.38 Å². The Morgan fingerprint density at radius 3 is 2.14 bits per heavy atom. The van der Waals surface area contributed by atoms with Gasteiger partial charge in [0.15, 0.2) is 0 Å². The van der Waals surface area contributed by atoms with Crippen LogP contribution in [0.4, 0.5) is 0 Å². The van der Waals surface area contributed by atoms with Crippen LogP contribution in [0.5, 0.6) is 0 Å². The summed E-state index contributed by atoms with van der Waals surface area (Å²) in [6.07, 6.45) is 5.21. The molecule has 0 amide bonds. The predicted molar refractivity (Wildman–Crippen MR) is 67.6 cm³/mol. The first-order valence-corrected chi connectivity index (χ1v) is 9.22. The lowest BCUT2D eigenvalue weighted by atomic mass is 10.2. The third-order valence-electron chi connectivity index (χ3n) is 1.54. The van der Waals surface area contributed by atoms with Crippen LogP contribution in [0.2, 0.25) is 13.1 Å². The van der Waals surface area contributed by atoms with E-state index in [2.05, 4.69) is 30.2 Å². The molecule has 0 aliphatic heterocycles. The summed E-state index contributed by atoms with van der Waals surface area (Å²) in [6, 6.07) is 0. The molecular formula is C12H19ClSi. The molecule has 0 aromatic rings. The summed E-state index contributed by atoms with van der Waals surface area (Å²) in [5.41, 5.74) is 3.11. The minimum absolute atomic E-state index is 0.863. The molecule has 0 nitrogen and oxygen atoms in total. The van der Waals surface area contributed by atoms with Crippen LogP contribution in [-0.4, -0.2) is 7.38 Å². The zero-order chi connectivity index (χ0) is 10.9. The zero-order valence-electron chi connectivity index (χ0n) is 9.41. The monoisotopic (exact) mass is 226 g/mol. The normalized spacial score (nSPS) is 9.71. The molecule has 14 heavy (non-hydrogen) atoms. The van der Waals surface area contributed by atoms with Crippen molar-refractivity contribution in [3.8, 4) is 23.3 Å². The van der Waals surface area contributed by atoms with Crippen molar-refractivity contribution in [1.82, 2.24) is 0 Å². The maximum absolute atomic E-state index is 6.04. The summed E-state index contributed by atoms with van der Waals surface area (Å²) in [5, 5.41) is 0. The fourth-order valence-electron chi connectivity index (χ4n) is 0.840. The summed E-state index contributed by atoms with van der Waals surface area (Å²) in [6.45, 7) is 6.25. The molecule has 78 valence electrons. The minimum Gasteiger partial charge on any atom is -0.151 e. The molecule has 0 saturated carbocycles. The summed E-state index contributed by atoms with van der Waals surface area (Å²) in [5.74, 6) is 9.36. The van der Waals surface area contributed by atoms with Crippen LogP contribution in [0.1, 0.15) is 39.0 Å². The Morgan fingerprint density at radius 2 is 1.57 bits per heavy atom. The van der Waals surface area contributed by atoms with Gasteiger partial charge in [0.1, 0.15) is 0 Å². The average Bonchev–Trinajstić information content (AvgIpc) is 2.08. The van der Waals surface area contributed by atoms with Gasteiger partial charge in [0.05, 0.1) is 0 Å². The second-order valence-electron chi connectivity index (χ2n) is 3.73. The van der Waals surface area contributed by atoms with Crippen molar-refractivity contribution < 1.29 is 0 Å². The summed E-state index contributed by atoms with van der Waals surface area (Å²) >= 11 is 6.04. The number of unbranched alkanes of at least 4 members (excludes halogenated alkanes) is 3. The molecule has 0 spiro atoms. The van der Waals surface area contributed by atoms with Gasteiger partial charge in [-0.15, -0.1) is 23.3 Å². The van der Waals surface area contributed by atoms with Gasteiger partial charge in [-0.2, -0.15) is 11.1 Å². The van der Waals surface area contributed by atoms with E-state index in [1.54, 1.807) is 0 Å². The minimum atomic E-state index is -1.68. The van der Waals surface area contributed by atoms with Crippen LogP contribution in [-0.2, 0) is 0 Å². The number of halogens is 1. The molecule has 0 bridgehead atoms. The number of hydrogen-bond acceptors (Lipinski definition) is 0. The largest absolute Gasteiger partial charge is 0.228 e. The lowest BCUT2D eigenvalue weighted by Crippen LogP contribution is -2.12. The molecule has 0 aliphatic carbocycles. The third kappa shape index (κ3) is 11.6. The first-order chi connectivity index (χ1) is 6.56. The van der Waals surface area contributed by atoms with E-state index < -0.39 is 7.38 Å². The van der Waals surface area contributed by atoms with E-state index >= 15 is 0 Å². The fraction of sp³-hybridized carbons (Fsp3) is 0.667. The second kappa shape index (κ2) is 7.98. The molecule has 0 rings (SSSR count). The maximum Gasteiger partial charge on any atom is 0.228 e. The van der Waals surface area contributed by atoms with Crippen molar-refractivity contribution in [3.05, 3.63) is 0 Å². The summed E-state index contributed by atoms with van der Waals surface area (Å²) < 4.78 is 0. The van der Waals surface area contributed by atoms with Crippen molar-refractivity contribution in [3.63, 3.8) is 0 Å². The van der Waals surface area contributed by atoms with Crippen LogP contribution in [0.25, 0.3) is 0 Å². The molecule has 0 aliphatic rings. The van der Waals surface area contributed by atoms with Crippen molar-refractivity contribution in [2.75, 3.05) is 0 Å². The molecule has 0 aromatic carbocycles. The van der Waals surface area contributed by atoms with E-state index in [1.165, 1.54) is 12.8 Å². The molecule has 0 aromatic heterocycles. The molecule has 0 heterocycles. The van der Waals surface area contributed by atoms with Crippen LogP contribution < -0.4 is 0 Å². The van der Waals surface area contributed by atoms with Crippen molar-refractivity contribution >= 4 is 18.5 Å². The topological polar surface area (TPSA) is 0 Å². The molecule has 0 fully saturated rings. The van der Waals surface area contributed by atoms with Crippen LogP contribution >= 0.6 is 11.1 Å². The Kier molecular flexibility index (Phi) is 7.77. The van der Waals surface area contributed by atoms with Crippen molar-refractivity contribution in [1.29, 1.82) is 0 Å². The van der Waals surface area contributed by atoms with E-state index in [1.807, 2.05) is 13.1 Å². The molecule has 0 saturated heterocycles. The van der Waals surface area contributed by atoms with E-state index in [0.29, 0.717) is 0 Å². The Bertz CT molecular complexity index is 254. The van der Waals surface area contributed by atoms with Gasteiger partial charge < -0.3 is 0 Å². The number of hydrogen-bond donors (Lipinski definition) is 0. The van der Waals surface area contributed by atoms with Crippen LogP contribution in [0, 0.1) is 23.3 Å². The van der Waals surface area contributed by atoms with Gasteiger partial charge in [-0.05, 0) is 19.5 Å². The lowest BCUT2D eigenvalue weighted by Gasteiger charge is -1.98. The first kappa shape index (κ1) is 13.6. The lowest BCUT2D eigenvalue weighted by molar-refractivity contribution is 0.827. The van der Waals surface area contributed by atoms with Gasteiger partial charge in [-0.3, -0.25) is 0 Å². The second-order valence-corrected chi connectivity index (χ2v) is 9.76. The van der Waals surface area contributed by atoms with E-state index in [-0.39, 0.29) is 0 Å². The summed E-state index contributed by atoms with van der Waals surface area (Å²) in [4.78, 5) is 0. The smallest absolute Gasteiger partial charge is 0.151 e. The highest BCUT2D eigenvalue weighted by molar-refractivity contribution is 7.23. The fourth-order valence-corrected chi connectivity index (χ4v) is 1.59. The van der Waals surface area contributed by atoms with Gasteiger partial charge in [-0.25, -0.2) is 0 Å². The predicted octanol–water partition coefficient (Wildman–Crippen LogP) is 3.95. The average molecular weight is 227 g/mol. The van der Waals surface area contributed by atoms with Crippen molar-refractivity contribution in [2.45, 2.75) is 52.1 Å². The van der Waals surface area contributed by atoms with Gasteiger partial charge in [0, 0.05) is 19.3 Å². The quantitative estimate of drug-likeness (QED) is 0.296. The highest BCUT2D eigenvalue weighted by Crippen LogP contribution is 2.04. The standard InChI is InChI=1S/C12H19ClSi/c1-4-5-6-7-8-9-10-11-12-14(2,3)13/h4-6,9-10H2,1-3H3. The van der Waals surface area contributed by atoms with Gasteiger partial charge in [-0.1, -0.05) is 13.3 Å². The maximum atomic E-state index is 6.04. The highest BCUT2D eigenvalue weighted by Gasteiger charge is 2.11. The molecule has 0 N–H and O–H groups in total. The summed E-state index contributed by atoms with van der Waals surface area (Å²) in [7, 11) is -1.68.